The number of hydrogen-bond donors (Lipinski definition) is 0. The van der Waals surface area contributed by atoms with Gasteiger partial charge in [-0.25, -0.2) is 0 Å². The van der Waals surface area contributed by atoms with E-state index in [1.54, 1.807) is 0 Å². The van der Waals surface area contributed by atoms with Crippen molar-refractivity contribution in [3.05, 3.63) is 91.0 Å². The van der Waals surface area contributed by atoms with E-state index >= 15 is 0 Å². The summed E-state index contributed by atoms with van der Waals surface area (Å²) in [6, 6.07) is 34.5. The molecule has 0 N–H and O–H groups in total. The summed E-state index contributed by atoms with van der Waals surface area (Å²) < 4.78 is 0.0428. The second kappa shape index (κ2) is 6.19. The molecule has 0 radical (unpaired) electrons. The van der Waals surface area contributed by atoms with Gasteiger partial charge in [0.1, 0.15) is 0 Å². The predicted octanol–water partition coefficient (Wildman–Crippen LogP) is 4.87. The fourth-order valence-electron chi connectivity index (χ4n) is 4.12. The van der Waals surface area contributed by atoms with Gasteiger partial charge < -0.3 is 0 Å². The van der Waals surface area contributed by atoms with Crippen LogP contribution in [0.1, 0.15) is 13.8 Å². The molecule has 0 unspecified atom stereocenters. The first-order chi connectivity index (χ1) is 12.1. The van der Waals surface area contributed by atoms with Crippen LogP contribution in [0.2, 0.25) is 0 Å². The summed E-state index contributed by atoms with van der Waals surface area (Å²) in [5.41, 5.74) is 0. The molecule has 1 aliphatic rings. The molecular weight excluding hydrogens is 436 g/mol. The van der Waals surface area contributed by atoms with Gasteiger partial charge in [0.05, 0.1) is 0 Å². The maximum absolute atomic E-state index is 2.85. The normalized spacial score (nSPS) is 24.3. The van der Waals surface area contributed by atoms with E-state index < -0.39 is 4.40 Å². The van der Waals surface area contributed by atoms with E-state index in [-0.39, 0.29) is 0 Å². The van der Waals surface area contributed by atoms with E-state index in [9.17, 15) is 0 Å². The van der Waals surface area contributed by atoms with Crippen LogP contribution in [0.15, 0.2) is 91.0 Å². The molecule has 25 heavy (non-hydrogen) atoms. The third kappa shape index (κ3) is 2.34. The molecule has 0 amide bonds. The third-order valence-electron chi connectivity index (χ3n) is 5.56. The Morgan fingerprint density at radius 3 is 1.12 bits per heavy atom. The van der Waals surface area contributed by atoms with Gasteiger partial charge in [-0.05, 0) is 0 Å². The van der Waals surface area contributed by atoms with E-state index in [0.29, 0.717) is 12.1 Å². The van der Waals surface area contributed by atoms with Crippen molar-refractivity contribution in [2.45, 2.75) is 25.9 Å². The summed E-state index contributed by atoms with van der Waals surface area (Å²) in [6.07, 6.45) is 0. The summed E-state index contributed by atoms with van der Waals surface area (Å²) in [7, 11) is 0. The number of hydrogen-bond acceptors (Lipinski definition) is 1. The van der Waals surface area contributed by atoms with Crippen molar-refractivity contribution in [3.8, 4) is 0 Å². The quantitative estimate of drug-likeness (QED) is 0.306. The molecule has 0 spiro atoms. The zero-order chi connectivity index (χ0) is 17.5. The Morgan fingerprint density at radius 2 is 0.880 bits per heavy atom. The van der Waals surface area contributed by atoms with Crippen LogP contribution in [0.4, 0.5) is 0 Å². The van der Waals surface area contributed by atoms with Gasteiger partial charge in [-0.15, -0.1) is 0 Å². The summed E-state index contributed by atoms with van der Waals surface area (Å²) in [5, 5.41) is 4.30. The molecule has 1 saturated heterocycles. The Hall–Kier alpha value is -1.22. The predicted molar refractivity (Wildman–Crippen MR) is 120 cm³/mol. The molecule has 1 heterocycles. The topological polar surface area (TPSA) is 3.01 Å². The van der Waals surface area contributed by atoms with Gasteiger partial charge in [-0.2, -0.15) is 0 Å². The van der Waals surface area contributed by atoms with Crippen LogP contribution in [-0.4, -0.2) is 16.8 Å². The van der Waals surface area contributed by atoms with Crippen molar-refractivity contribution in [3.63, 3.8) is 0 Å². The molecule has 0 aromatic heterocycles. The summed E-state index contributed by atoms with van der Waals surface area (Å²) in [5.74, 6) is 0. The van der Waals surface area contributed by atoms with Gasteiger partial charge >= 0.3 is 164 Å². The van der Waals surface area contributed by atoms with E-state index in [1.807, 2.05) is 0 Å². The Labute approximate surface area is 163 Å². The van der Waals surface area contributed by atoms with E-state index in [0.717, 1.165) is 0 Å². The first-order valence-electron chi connectivity index (χ1n) is 8.78. The SMILES string of the molecule is C[C@H]1[C@H](C)N1P(I)(c1ccccc1)(c1ccccc1)c1ccccc1. The van der Waals surface area contributed by atoms with Crippen molar-refractivity contribution < 1.29 is 0 Å². The zero-order valence-corrected chi connectivity index (χ0v) is 17.6. The van der Waals surface area contributed by atoms with Gasteiger partial charge in [-0.3, -0.25) is 0 Å². The van der Waals surface area contributed by atoms with E-state index in [2.05, 4.69) is 132 Å². The Balaban J connectivity index is 2.14. The number of benzene rings is 3. The van der Waals surface area contributed by atoms with Gasteiger partial charge in [0.2, 0.25) is 0 Å². The fourth-order valence-corrected chi connectivity index (χ4v) is 14.9. The molecule has 0 aliphatic carbocycles. The monoisotopic (exact) mass is 459 g/mol. The van der Waals surface area contributed by atoms with Gasteiger partial charge in [-0.1, -0.05) is 0 Å². The molecule has 1 nitrogen and oxygen atoms in total. The maximum atomic E-state index is 2.85. The van der Waals surface area contributed by atoms with Crippen molar-refractivity contribution >= 4 is 42.4 Å². The molecular formula is C22H23INP. The second-order valence-corrected chi connectivity index (χ2v) is 16.4. The first-order valence-corrected chi connectivity index (χ1v) is 13.8. The molecule has 0 saturated carbocycles. The van der Waals surface area contributed by atoms with E-state index in [4.69, 9.17) is 0 Å². The summed E-state index contributed by atoms with van der Waals surface area (Å²) in [6.45, 7) is 4.72. The Morgan fingerprint density at radius 1 is 0.600 bits per heavy atom. The van der Waals surface area contributed by atoms with Gasteiger partial charge in [0.25, 0.3) is 0 Å². The van der Waals surface area contributed by atoms with E-state index in [1.165, 1.54) is 15.9 Å². The van der Waals surface area contributed by atoms with Crippen LogP contribution in [0.3, 0.4) is 0 Å². The van der Waals surface area contributed by atoms with Gasteiger partial charge in [0.15, 0.2) is 0 Å². The van der Waals surface area contributed by atoms with Crippen molar-refractivity contribution in [2.75, 3.05) is 0 Å². The number of halogens is 1. The molecule has 3 aromatic rings. The molecule has 1 fully saturated rings. The molecule has 0 bridgehead atoms. The molecule has 1 aliphatic heterocycles. The summed E-state index contributed by atoms with van der Waals surface area (Å²) >= 11 is 2.85. The van der Waals surface area contributed by atoms with Crippen LogP contribution >= 0.6 is 26.4 Å². The minimum atomic E-state index is -2.73. The van der Waals surface area contributed by atoms with Crippen molar-refractivity contribution in [1.29, 1.82) is 0 Å². The molecule has 4 rings (SSSR count). The summed E-state index contributed by atoms with van der Waals surface area (Å²) in [4.78, 5) is 0. The number of rotatable bonds is 4. The first kappa shape index (κ1) is 17.2. The van der Waals surface area contributed by atoms with Crippen LogP contribution in [0, 0.1) is 0 Å². The second-order valence-electron chi connectivity index (χ2n) is 6.83. The van der Waals surface area contributed by atoms with Crippen molar-refractivity contribution in [2.24, 2.45) is 0 Å². The number of nitrogens with zero attached hydrogens (tertiary/aromatic N) is 1. The van der Waals surface area contributed by atoms with Crippen LogP contribution in [0.25, 0.3) is 0 Å². The Kier molecular flexibility index (Phi) is 4.26. The fraction of sp³-hybridized carbons (Fsp3) is 0.182. The standard InChI is InChI=1S/C22H23INP/c1-18-19(2)24(18)25(23,20-12-6-3-7-13-20,21-14-8-4-9-15-21)22-16-10-5-11-17-22/h3-19H,1-2H3/t18-,19-/m0/s1. The molecule has 2 atom stereocenters. The third-order valence-corrected chi connectivity index (χ3v) is 17.4. The van der Waals surface area contributed by atoms with Crippen molar-refractivity contribution in [1.82, 2.24) is 4.67 Å². The van der Waals surface area contributed by atoms with Crippen LogP contribution < -0.4 is 15.9 Å². The molecule has 128 valence electrons. The average molecular weight is 459 g/mol. The minimum absolute atomic E-state index is 0.579. The van der Waals surface area contributed by atoms with Crippen LogP contribution in [0.5, 0.6) is 0 Å². The Bertz CT molecular complexity index is 759. The molecule has 3 heteroatoms. The van der Waals surface area contributed by atoms with Crippen LogP contribution in [-0.2, 0) is 0 Å². The average Bonchev–Trinajstić information content (AvgIpc) is 3.30. The zero-order valence-electron chi connectivity index (χ0n) is 14.6. The molecule has 3 aromatic carbocycles. The van der Waals surface area contributed by atoms with Gasteiger partial charge in [0, 0.05) is 0 Å².